The van der Waals surface area contributed by atoms with Crippen molar-refractivity contribution in [2.75, 3.05) is 29.6 Å². The fraction of sp³-hybridized carbons (Fsp3) is 0.391. The van der Waals surface area contributed by atoms with E-state index in [0.29, 0.717) is 17.2 Å². The highest BCUT2D eigenvalue weighted by molar-refractivity contribution is 7.92. The first-order valence-corrected chi connectivity index (χ1v) is 12.2. The van der Waals surface area contributed by atoms with Crippen molar-refractivity contribution in [2.45, 2.75) is 38.7 Å². The van der Waals surface area contributed by atoms with Crippen LogP contribution in [0.4, 0.5) is 11.4 Å². The molecule has 9 heteroatoms. The van der Waals surface area contributed by atoms with Crippen LogP contribution in [0.2, 0.25) is 0 Å². The van der Waals surface area contributed by atoms with Gasteiger partial charge in [0.2, 0.25) is 15.9 Å². The molecule has 172 valence electrons. The van der Waals surface area contributed by atoms with Crippen molar-refractivity contribution in [1.82, 2.24) is 0 Å². The summed E-state index contributed by atoms with van der Waals surface area (Å²) in [6.45, 7) is 1.43. The molecule has 1 aliphatic carbocycles. The van der Waals surface area contributed by atoms with E-state index in [4.69, 9.17) is 9.47 Å². The van der Waals surface area contributed by atoms with E-state index < -0.39 is 15.9 Å². The van der Waals surface area contributed by atoms with Crippen molar-refractivity contribution in [3.05, 3.63) is 48.0 Å². The normalized spacial score (nSPS) is 14.1. The van der Waals surface area contributed by atoms with Gasteiger partial charge in [0.1, 0.15) is 0 Å². The third kappa shape index (κ3) is 5.21. The van der Waals surface area contributed by atoms with Gasteiger partial charge in [0, 0.05) is 25.2 Å². The predicted octanol–water partition coefficient (Wildman–Crippen LogP) is 3.61. The van der Waals surface area contributed by atoms with Crippen LogP contribution in [-0.4, -0.2) is 46.7 Å². The molecule has 0 saturated heterocycles. The van der Waals surface area contributed by atoms with Gasteiger partial charge in [-0.05, 0) is 68.1 Å². The fourth-order valence-corrected chi connectivity index (χ4v) is 4.57. The van der Waals surface area contributed by atoms with Gasteiger partial charge in [0.05, 0.1) is 25.2 Å². The molecule has 0 aliphatic heterocycles. The smallest absolute Gasteiger partial charge is 0.272 e. The van der Waals surface area contributed by atoms with E-state index in [2.05, 4.69) is 0 Å². The molecule has 8 nitrogen and oxygen atoms in total. The number of benzene rings is 2. The van der Waals surface area contributed by atoms with Crippen molar-refractivity contribution in [3.8, 4) is 11.5 Å². The molecule has 0 heterocycles. The lowest BCUT2D eigenvalue weighted by Crippen LogP contribution is -2.36. The summed E-state index contributed by atoms with van der Waals surface area (Å²) in [5, 5.41) is 0. The molecule has 1 saturated carbocycles. The zero-order valence-electron chi connectivity index (χ0n) is 18.7. The van der Waals surface area contributed by atoms with Crippen molar-refractivity contribution < 1.29 is 27.5 Å². The van der Waals surface area contributed by atoms with Crippen molar-refractivity contribution in [1.29, 1.82) is 0 Å². The van der Waals surface area contributed by atoms with Crippen molar-refractivity contribution in [3.63, 3.8) is 0 Å². The Morgan fingerprint density at radius 2 is 1.56 bits per heavy atom. The maximum absolute atomic E-state index is 13.3. The first-order valence-electron chi connectivity index (χ1n) is 10.4. The molecular weight excluding hydrogens is 432 g/mol. The van der Waals surface area contributed by atoms with Gasteiger partial charge in [-0.25, -0.2) is 12.7 Å². The van der Waals surface area contributed by atoms with Crippen LogP contribution in [0.3, 0.4) is 0 Å². The van der Waals surface area contributed by atoms with Crippen molar-refractivity contribution in [2.24, 2.45) is 0 Å². The Morgan fingerprint density at radius 1 is 0.969 bits per heavy atom. The molecule has 2 aromatic carbocycles. The maximum Gasteiger partial charge on any atom is 0.272 e. The monoisotopic (exact) mass is 460 g/mol. The number of nitrogens with zero attached hydrogens (tertiary/aromatic N) is 2. The van der Waals surface area contributed by atoms with Gasteiger partial charge in [-0.3, -0.25) is 9.59 Å². The molecule has 2 aromatic rings. The molecule has 0 N–H and O–H groups in total. The van der Waals surface area contributed by atoms with E-state index in [1.165, 1.54) is 43.2 Å². The first-order chi connectivity index (χ1) is 15.1. The van der Waals surface area contributed by atoms with E-state index in [-0.39, 0.29) is 23.3 Å². The summed E-state index contributed by atoms with van der Waals surface area (Å²) in [6, 6.07) is 10.8. The molecular formula is C23H28N2O6S. The third-order valence-electron chi connectivity index (χ3n) is 5.47. The average molecular weight is 461 g/mol. The summed E-state index contributed by atoms with van der Waals surface area (Å²) in [6.07, 6.45) is 5.05. The number of rotatable bonds is 7. The molecule has 1 fully saturated rings. The molecule has 0 atom stereocenters. The van der Waals surface area contributed by atoms with Gasteiger partial charge in [-0.15, -0.1) is 0 Å². The van der Waals surface area contributed by atoms with Gasteiger partial charge >= 0.3 is 0 Å². The number of sulfonamides is 1. The fourth-order valence-electron chi connectivity index (χ4n) is 3.66. The van der Waals surface area contributed by atoms with E-state index in [0.717, 1.165) is 36.2 Å². The summed E-state index contributed by atoms with van der Waals surface area (Å²) < 4.78 is 37.2. The molecule has 0 bridgehead atoms. The number of hydrogen-bond donors (Lipinski definition) is 0. The summed E-state index contributed by atoms with van der Waals surface area (Å²) >= 11 is 0. The van der Waals surface area contributed by atoms with Crippen LogP contribution in [0, 0.1) is 0 Å². The Bertz CT molecular complexity index is 1090. The lowest BCUT2D eigenvalue weighted by Gasteiger charge is -2.23. The molecule has 0 aromatic heterocycles. The third-order valence-corrected chi connectivity index (χ3v) is 6.51. The second-order valence-corrected chi connectivity index (χ2v) is 9.65. The highest BCUT2D eigenvalue weighted by atomic mass is 32.2. The Hall–Kier alpha value is -3.07. The number of amides is 2. The number of methoxy groups -OCH3 is 1. The zero-order valence-corrected chi connectivity index (χ0v) is 19.5. The molecule has 0 spiro atoms. The first kappa shape index (κ1) is 23.6. The maximum atomic E-state index is 13.3. The number of ether oxygens (including phenoxy) is 2. The number of hydrogen-bond acceptors (Lipinski definition) is 6. The van der Waals surface area contributed by atoms with E-state index in [9.17, 15) is 18.0 Å². The summed E-state index contributed by atoms with van der Waals surface area (Å²) in [7, 11) is -0.809. The molecule has 32 heavy (non-hydrogen) atoms. The minimum atomic E-state index is -3.93. The van der Waals surface area contributed by atoms with Crippen LogP contribution >= 0.6 is 0 Å². The SMILES string of the molecule is COc1ccc(C(=O)N(c2ccc(N(C)C(C)=O)cc2)S(C)(=O)=O)cc1OC1CCCC1. The minimum Gasteiger partial charge on any atom is -0.493 e. The molecule has 1 aliphatic rings. The summed E-state index contributed by atoms with van der Waals surface area (Å²) in [4.78, 5) is 26.3. The van der Waals surface area contributed by atoms with E-state index >= 15 is 0 Å². The van der Waals surface area contributed by atoms with Crippen LogP contribution in [-0.2, 0) is 14.8 Å². The van der Waals surface area contributed by atoms with Crippen LogP contribution in [0.1, 0.15) is 43.0 Å². The standard InChI is InChI=1S/C23H28N2O6S/c1-16(26)24(2)18-10-12-19(13-11-18)25(32(4,28)29)23(27)17-9-14-21(30-3)22(15-17)31-20-7-5-6-8-20/h9-15,20H,5-8H2,1-4H3. The van der Waals surface area contributed by atoms with Crippen LogP contribution in [0.5, 0.6) is 11.5 Å². The Kier molecular flexibility index (Phi) is 7.08. The highest BCUT2D eigenvalue weighted by Crippen LogP contribution is 2.33. The molecule has 0 unspecified atom stereocenters. The largest absolute Gasteiger partial charge is 0.493 e. The number of anilines is 2. The summed E-state index contributed by atoms with van der Waals surface area (Å²) in [5.74, 6) is 0.0222. The topological polar surface area (TPSA) is 93.2 Å². The lowest BCUT2D eigenvalue weighted by molar-refractivity contribution is -0.116. The Balaban J connectivity index is 1.95. The average Bonchev–Trinajstić information content (AvgIpc) is 3.25. The van der Waals surface area contributed by atoms with Gasteiger partial charge in [-0.2, -0.15) is 0 Å². The second-order valence-electron chi connectivity index (χ2n) is 7.82. The van der Waals surface area contributed by atoms with E-state index in [1.54, 1.807) is 25.2 Å². The number of carbonyl (C=O) groups is 2. The Morgan fingerprint density at radius 3 is 2.09 bits per heavy atom. The summed E-state index contributed by atoms with van der Waals surface area (Å²) in [5.41, 5.74) is 0.917. The quantitative estimate of drug-likeness (QED) is 0.627. The van der Waals surface area contributed by atoms with Gasteiger partial charge < -0.3 is 14.4 Å². The van der Waals surface area contributed by atoms with E-state index in [1.807, 2.05) is 0 Å². The second kappa shape index (κ2) is 9.60. The highest BCUT2D eigenvalue weighted by Gasteiger charge is 2.28. The number of carbonyl (C=O) groups excluding carboxylic acids is 2. The van der Waals surface area contributed by atoms with Crippen LogP contribution < -0.4 is 18.7 Å². The Labute approximate surface area is 188 Å². The van der Waals surface area contributed by atoms with Crippen molar-refractivity contribution >= 4 is 33.2 Å². The van der Waals surface area contributed by atoms with Crippen LogP contribution in [0.25, 0.3) is 0 Å². The lowest BCUT2D eigenvalue weighted by atomic mass is 10.1. The predicted molar refractivity (Wildman–Crippen MR) is 123 cm³/mol. The molecule has 0 radical (unpaired) electrons. The molecule has 2 amide bonds. The zero-order chi connectivity index (χ0) is 23.5. The minimum absolute atomic E-state index is 0.0473. The van der Waals surface area contributed by atoms with Gasteiger partial charge in [0.15, 0.2) is 11.5 Å². The van der Waals surface area contributed by atoms with Gasteiger partial charge in [0.25, 0.3) is 5.91 Å². The van der Waals surface area contributed by atoms with Crippen LogP contribution in [0.15, 0.2) is 42.5 Å². The molecule has 3 rings (SSSR count). The van der Waals surface area contributed by atoms with Gasteiger partial charge in [-0.1, -0.05) is 0 Å².